The van der Waals surface area contributed by atoms with Crippen LogP contribution < -0.4 is 5.73 Å². The van der Waals surface area contributed by atoms with Gasteiger partial charge in [0.1, 0.15) is 0 Å². The van der Waals surface area contributed by atoms with E-state index >= 15 is 0 Å². The number of nitrogen functional groups attached to an aromatic ring is 1. The van der Waals surface area contributed by atoms with Gasteiger partial charge in [0.25, 0.3) is 0 Å². The first-order valence-corrected chi connectivity index (χ1v) is 12.7. The molecule has 2 aromatic rings. The second-order valence-corrected chi connectivity index (χ2v) is 9.57. The second-order valence-electron chi connectivity index (χ2n) is 9.57. The fourth-order valence-electron chi connectivity index (χ4n) is 5.39. The predicted molar refractivity (Wildman–Crippen MR) is 132 cm³/mol. The van der Waals surface area contributed by atoms with E-state index in [0.29, 0.717) is 5.92 Å². The Morgan fingerprint density at radius 3 is 1.90 bits per heavy atom. The standard InChI is InChI=1S/C29H43N/c1-3-5-6-7-8-9-10-23-11-13-24(14-12-23)25-15-17-26(18-16-25)29(4-2)27-19-21-28(30)22-20-27/h15-24,29H,3-14,30H2,1-2H3. The van der Waals surface area contributed by atoms with E-state index in [9.17, 15) is 0 Å². The maximum Gasteiger partial charge on any atom is 0.0314 e. The number of nitrogens with two attached hydrogens (primary N) is 1. The Bertz CT molecular complexity index is 707. The summed E-state index contributed by atoms with van der Waals surface area (Å²) in [7, 11) is 0. The molecule has 0 heterocycles. The van der Waals surface area contributed by atoms with Crippen molar-refractivity contribution < 1.29 is 0 Å². The maximum absolute atomic E-state index is 5.87. The lowest BCUT2D eigenvalue weighted by atomic mass is 9.76. The lowest BCUT2D eigenvalue weighted by molar-refractivity contribution is 0.302. The van der Waals surface area contributed by atoms with Crippen LogP contribution in [0.3, 0.4) is 0 Å². The molecular formula is C29H43N. The smallest absolute Gasteiger partial charge is 0.0314 e. The minimum Gasteiger partial charge on any atom is -0.399 e. The molecule has 2 N–H and O–H groups in total. The highest BCUT2D eigenvalue weighted by Gasteiger charge is 2.22. The van der Waals surface area contributed by atoms with Crippen molar-refractivity contribution in [3.8, 4) is 0 Å². The molecule has 30 heavy (non-hydrogen) atoms. The zero-order valence-electron chi connectivity index (χ0n) is 19.4. The number of unbranched alkanes of at least 4 members (excludes halogenated alkanes) is 5. The second kappa shape index (κ2) is 12.2. The number of hydrogen-bond acceptors (Lipinski definition) is 1. The molecule has 0 aliphatic heterocycles. The number of hydrogen-bond donors (Lipinski definition) is 1. The van der Waals surface area contributed by atoms with Gasteiger partial charge in [-0.25, -0.2) is 0 Å². The minimum atomic E-state index is 0.465. The van der Waals surface area contributed by atoms with Crippen LogP contribution in [0.2, 0.25) is 0 Å². The fraction of sp³-hybridized carbons (Fsp3) is 0.586. The molecule has 0 aromatic heterocycles. The first-order chi connectivity index (χ1) is 14.7. The Morgan fingerprint density at radius 2 is 1.30 bits per heavy atom. The average molecular weight is 406 g/mol. The molecule has 1 fully saturated rings. The normalized spacial score (nSPS) is 20.2. The van der Waals surface area contributed by atoms with Gasteiger partial charge in [0.15, 0.2) is 0 Å². The van der Waals surface area contributed by atoms with Crippen LogP contribution in [0.5, 0.6) is 0 Å². The Hall–Kier alpha value is -1.76. The average Bonchev–Trinajstić information content (AvgIpc) is 2.79. The summed E-state index contributed by atoms with van der Waals surface area (Å²) >= 11 is 0. The third-order valence-corrected chi connectivity index (χ3v) is 7.37. The first-order valence-electron chi connectivity index (χ1n) is 12.7. The molecule has 0 amide bonds. The van der Waals surface area contributed by atoms with E-state index in [2.05, 4.69) is 50.2 Å². The van der Waals surface area contributed by atoms with Gasteiger partial charge in [-0.3, -0.25) is 0 Å². The lowest BCUT2D eigenvalue weighted by Gasteiger charge is -2.29. The third kappa shape index (κ3) is 6.62. The van der Waals surface area contributed by atoms with Gasteiger partial charge in [0.2, 0.25) is 0 Å². The van der Waals surface area contributed by atoms with Crippen molar-refractivity contribution in [2.75, 3.05) is 5.73 Å². The monoisotopic (exact) mass is 405 g/mol. The van der Waals surface area contributed by atoms with Gasteiger partial charge in [-0.1, -0.05) is 95.2 Å². The van der Waals surface area contributed by atoms with Crippen molar-refractivity contribution in [3.63, 3.8) is 0 Å². The molecule has 1 atom stereocenters. The van der Waals surface area contributed by atoms with E-state index in [1.165, 1.54) is 81.8 Å². The minimum absolute atomic E-state index is 0.465. The topological polar surface area (TPSA) is 26.0 Å². The van der Waals surface area contributed by atoms with Crippen LogP contribution in [0, 0.1) is 5.92 Å². The molecule has 0 spiro atoms. The highest BCUT2D eigenvalue weighted by Crippen LogP contribution is 2.38. The maximum atomic E-state index is 5.87. The number of rotatable bonds is 11. The summed E-state index contributed by atoms with van der Waals surface area (Å²) in [6.07, 6.45) is 16.8. The molecule has 0 radical (unpaired) electrons. The molecule has 164 valence electrons. The molecule has 1 heteroatoms. The van der Waals surface area contributed by atoms with Crippen LogP contribution in [-0.2, 0) is 0 Å². The van der Waals surface area contributed by atoms with Crippen LogP contribution in [0.25, 0.3) is 0 Å². The molecular weight excluding hydrogens is 362 g/mol. The van der Waals surface area contributed by atoms with E-state index in [1.807, 2.05) is 12.1 Å². The summed E-state index contributed by atoms with van der Waals surface area (Å²) in [5.74, 6) is 2.23. The van der Waals surface area contributed by atoms with Gasteiger partial charge in [0, 0.05) is 11.6 Å². The summed E-state index contributed by atoms with van der Waals surface area (Å²) < 4.78 is 0. The van der Waals surface area contributed by atoms with Crippen LogP contribution in [0.4, 0.5) is 5.69 Å². The van der Waals surface area contributed by atoms with Crippen molar-refractivity contribution >= 4 is 5.69 Å². The Kier molecular flexibility index (Phi) is 9.30. The van der Waals surface area contributed by atoms with Gasteiger partial charge in [-0.05, 0) is 72.8 Å². The lowest BCUT2D eigenvalue weighted by Crippen LogP contribution is -2.13. The zero-order chi connectivity index (χ0) is 21.2. The van der Waals surface area contributed by atoms with Crippen LogP contribution in [0.15, 0.2) is 48.5 Å². The van der Waals surface area contributed by atoms with Crippen LogP contribution in [0.1, 0.15) is 119 Å². The summed E-state index contributed by atoms with van der Waals surface area (Å²) in [5, 5.41) is 0. The molecule has 0 bridgehead atoms. The van der Waals surface area contributed by atoms with E-state index in [4.69, 9.17) is 5.73 Å². The van der Waals surface area contributed by atoms with Gasteiger partial charge >= 0.3 is 0 Å². The molecule has 2 aromatic carbocycles. The van der Waals surface area contributed by atoms with Crippen molar-refractivity contribution in [1.29, 1.82) is 0 Å². The molecule has 1 nitrogen and oxygen atoms in total. The third-order valence-electron chi connectivity index (χ3n) is 7.37. The number of anilines is 1. The molecule has 1 aliphatic rings. The van der Waals surface area contributed by atoms with Gasteiger partial charge in [0.05, 0.1) is 0 Å². The van der Waals surface area contributed by atoms with Crippen molar-refractivity contribution in [3.05, 3.63) is 65.2 Å². The Morgan fingerprint density at radius 1 is 0.733 bits per heavy atom. The van der Waals surface area contributed by atoms with E-state index in [1.54, 1.807) is 5.56 Å². The quantitative estimate of drug-likeness (QED) is 0.293. The fourth-order valence-corrected chi connectivity index (χ4v) is 5.39. The molecule has 3 rings (SSSR count). The van der Waals surface area contributed by atoms with Gasteiger partial charge < -0.3 is 5.73 Å². The first kappa shape index (κ1) is 22.9. The highest BCUT2D eigenvalue weighted by molar-refractivity contribution is 5.43. The number of benzene rings is 2. The Labute approximate surface area is 185 Å². The SMILES string of the molecule is CCCCCCCCC1CCC(c2ccc(C(CC)c3ccc(N)cc3)cc2)CC1. The summed E-state index contributed by atoms with van der Waals surface area (Å²) in [4.78, 5) is 0. The molecule has 1 unspecified atom stereocenters. The van der Waals surface area contributed by atoms with Crippen molar-refractivity contribution in [1.82, 2.24) is 0 Å². The predicted octanol–water partition coefficient (Wildman–Crippen LogP) is 8.84. The summed E-state index contributed by atoms with van der Waals surface area (Å²) in [6, 6.07) is 18.0. The molecule has 0 saturated heterocycles. The van der Waals surface area contributed by atoms with E-state index < -0.39 is 0 Å². The zero-order valence-corrected chi connectivity index (χ0v) is 19.4. The van der Waals surface area contributed by atoms with Crippen molar-refractivity contribution in [2.24, 2.45) is 5.92 Å². The molecule has 1 saturated carbocycles. The van der Waals surface area contributed by atoms with E-state index in [0.717, 1.165) is 23.9 Å². The van der Waals surface area contributed by atoms with E-state index in [-0.39, 0.29) is 0 Å². The van der Waals surface area contributed by atoms with Gasteiger partial charge in [-0.2, -0.15) is 0 Å². The Balaban J connectivity index is 1.47. The molecule has 1 aliphatic carbocycles. The van der Waals surface area contributed by atoms with Crippen LogP contribution >= 0.6 is 0 Å². The van der Waals surface area contributed by atoms with Crippen molar-refractivity contribution in [2.45, 2.75) is 103 Å². The summed E-state index contributed by atoms with van der Waals surface area (Å²) in [5.41, 5.74) is 11.1. The van der Waals surface area contributed by atoms with Gasteiger partial charge in [-0.15, -0.1) is 0 Å². The highest BCUT2D eigenvalue weighted by atomic mass is 14.5. The summed E-state index contributed by atoms with van der Waals surface area (Å²) in [6.45, 7) is 4.58. The van der Waals surface area contributed by atoms with Crippen LogP contribution in [-0.4, -0.2) is 0 Å². The largest absolute Gasteiger partial charge is 0.399 e.